The van der Waals surface area contributed by atoms with Crippen LogP contribution < -0.4 is 10.1 Å². The number of benzene rings is 1. The molecular formula is C12H9Cl2N3O3. The molecule has 2 aromatic rings. The second-order valence-corrected chi connectivity index (χ2v) is 4.49. The molecule has 8 heteroatoms. The molecule has 0 aliphatic rings. The fourth-order valence-electron chi connectivity index (χ4n) is 1.44. The number of aromatic carboxylic acids is 1. The van der Waals surface area contributed by atoms with Gasteiger partial charge in [-0.1, -0.05) is 23.2 Å². The highest BCUT2D eigenvalue weighted by Crippen LogP contribution is 2.27. The number of nitrogens with one attached hydrogen (secondary N) is 1. The summed E-state index contributed by atoms with van der Waals surface area (Å²) in [5, 5.41) is 12.2. The van der Waals surface area contributed by atoms with Gasteiger partial charge in [0.1, 0.15) is 5.02 Å². The Balaban J connectivity index is 2.30. The van der Waals surface area contributed by atoms with Crippen LogP contribution in [-0.2, 0) is 0 Å². The van der Waals surface area contributed by atoms with Gasteiger partial charge in [-0.25, -0.2) is 9.78 Å². The van der Waals surface area contributed by atoms with Crippen molar-refractivity contribution in [3.63, 3.8) is 0 Å². The maximum atomic E-state index is 10.9. The maximum Gasteiger partial charge on any atom is 0.337 e. The third-order valence-electron chi connectivity index (χ3n) is 2.37. The van der Waals surface area contributed by atoms with Gasteiger partial charge in [0.2, 0.25) is 0 Å². The maximum absolute atomic E-state index is 10.9. The number of aromatic nitrogens is 2. The molecule has 104 valence electrons. The summed E-state index contributed by atoms with van der Waals surface area (Å²) in [5.41, 5.74) is 0.561. The Morgan fingerprint density at radius 1 is 1.35 bits per heavy atom. The van der Waals surface area contributed by atoms with Gasteiger partial charge < -0.3 is 15.2 Å². The molecule has 0 radical (unpaired) electrons. The van der Waals surface area contributed by atoms with E-state index in [9.17, 15) is 4.79 Å². The number of nitrogens with zero attached hydrogens (tertiary/aromatic N) is 2. The Bertz CT molecular complexity index is 664. The topological polar surface area (TPSA) is 84.3 Å². The third kappa shape index (κ3) is 3.09. The van der Waals surface area contributed by atoms with Crippen molar-refractivity contribution in [3.05, 3.63) is 40.0 Å². The fourth-order valence-corrected chi connectivity index (χ4v) is 1.84. The first-order valence-electron chi connectivity index (χ1n) is 5.37. The monoisotopic (exact) mass is 313 g/mol. The average molecular weight is 314 g/mol. The summed E-state index contributed by atoms with van der Waals surface area (Å²) in [6.07, 6.45) is 1.39. The molecule has 6 nitrogen and oxygen atoms in total. The van der Waals surface area contributed by atoms with Crippen LogP contribution in [0, 0.1) is 0 Å². The Morgan fingerprint density at radius 2 is 2.10 bits per heavy atom. The van der Waals surface area contributed by atoms with Crippen molar-refractivity contribution in [3.8, 4) is 6.01 Å². The number of carbonyl (C=O) groups is 1. The van der Waals surface area contributed by atoms with Crippen LogP contribution in [0.2, 0.25) is 10.0 Å². The Kier molecular flexibility index (Phi) is 4.26. The Hall–Kier alpha value is -2.05. The molecule has 2 rings (SSSR count). The summed E-state index contributed by atoms with van der Waals surface area (Å²) in [6.45, 7) is 0. The number of carboxylic acid groups (broad SMARTS) is 1. The first-order valence-corrected chi connectivity index (χ1v) is 6.13. The highest BCUT2D eigenvalue weighted by Gasteiger charge is 2.11. The molecule has 0 unspecified atom stereocenters. The molecule has 0 aliphatic carbocycles. The second kappa shape index (κ2) is 5.94. The van der Waals surface area contributed by atoms with Crippen LogP contribution in [0.1, 0.15) is 10.4 Å². The number of ether oxygens (including phenoxy) is 1. The number of methoxy groups -OCH3 is 1. The zero-order valence-corrected chi connectivity index (χ0v) is 11.7. The van der Waals surface area contributed by atoms with Crippen LogP contribution in [0.5, 0.6) is 6.01 Å². The van der Waals surface area contributed by atoms with E-state index < -0.39 is 5.97 Å². The minimum atomic E-state index is -1.09. The molecule has 2 N–H and O–H groups in total. The van der Waals surface area contributed by atoms with Crippen molar-refractivity contribution in [2.24, 2.45) is 0 Å². The Morgan fingerprint density at radius 3 is 2.70 bits per heavy atom. The van der Waals surface area contributed by atoms with Gasteiger partial charge in [-0.3, -0.25) is 0 Å². The molecule has 20 heavy (non-hydrogen) atoms. The summed E-state index contributed by atoms with van der Waals surface area (Å²) >= 11 is 11.8. The molecule has 0 fully saturated rings. The summed E-state index contributed by atoms with van der Waals surface area (Å²) in [7, 11) is 1.44. The van der Waals surface area contributed by atoms with Crippen LogP contribution in [0.3, 0.4) is 0 Å². The van der Waals surface area contributed by atoms with E-state index in [1.165, 1.54) is 25.4 Å². The lowest BCUT2D eigenvalue weighted by Crippen LogP contribution is -2.01. The molecule has 1 aromatic heterocycles. The first kappa shape index (κ1) is 14.4. The zero-order valence-electron chi connectivity index (χ0n) is 10.2. The summed E-state index contributed by atoms with van der Waals surface area (Å²) in [4.78, 5) is 18.7. The van der Waals surface area contributed by atoms with Crippen molar-refractivity contribution in [1.82, 2.24) is 9.97 Å². The second-order valence-electron chi connectivity index (χ2n) is 3.68. The van der Waals surface area contributed by atoms with Crippen LogP contribution in [0.4, 0.5) is 11.5 Å². The third-order valence-corrected chi connectivity index (χ3v) is 2.96. The van der Waals surface area contributed by atoms with Gasteiger partial charge in [0.25, 0.3) is 0 Å². The number of halogens is 2. The van der Waals surface area contributed by atoms with Gasteiger partial charge >= 0.3 is 12.0 Å². The van der Waals surface area contributed by atoms with E-state index in [0.29, 0.717) is 16.5 Å². The molecule has 0 spiro atoms. The molecule has 0 bridgehead atoms. The number of hydrogen-bond acceptors (Lipinski definition) is 5. The lowest BCUT2D eigenvalue weighted by Gasteiger charge is -2.09. The molecule has 0 saturated carbocycles. The zero-order chi connectivity index (χ0) is 14.7. The summed E-state index contributed by atoms with van der Waals surface area (Å²) in [5.74, 6) is -0.763. The number of rotatable bonds is 4. The van der Waals surface area contributed by atoms with E-state index in [1.54, 1.807) is 6.07 Å². The lowest BCUT2D eigenvalue weighted by atomic mass is 10.2. The quantitative estimate of drug-likeness (QED) is 0.901. The van der Waals surface area contributed by atoms with E-state index in [-0.39, 0.29) is 16.6 Å². The van der Waals surface area contributed by atoms with Gasteiger partial charge in [-0.05, 0) is 18.2 Å². The minimum absolute atomic E-state index is 0.0172. The highest BCUT2D eigenvalue weighted by molar-refractivity contribution is 6.34. The van der Waals surface area contributed by atoms with Crippen LogP contribution >= 0.6 is 23.2 Å². The summed E-state index contributed by atoms with van der Waals surface area (Å²) < 4.78 is 4.90. The molecule has 0 amide bonds. The van der Waals surface area contributed by atoms with E-state index >= 15 is 0 Å². The lowest BCUT2D eigenvalue weighted by molar-refractivity contribution is 0.0697. The number of carboxylic acids is 1. The van der Waals surface area contributed by atoms with Crippen molar-refractivity contribution in [2.75, 3.05) is 12.4 Å². The van der Waals surface area contributed by atoms with Crippen LogP contribution in [-0.4, -0.2) is 28.2 Å². The van der Waals surface area contributed by atoms with Crippen LogP contribution in [0.25, 0.3) is 0 Å². The minimum Gasteiger partial charge on any atom is -0.478 e. The SMILES string of the molecule is COc1ncc(Cl)c(Nc2ccc(C(=O)O)c(Cl)c2)n1. The van der Waals surface area contributed by atoms with E-state index in [4.69, 9.17) is 33.0 Å². The standard InChI is InChI=1S/C12H9Cl2N3O3/c1-20-12-15-5-9(14)10(17-12)16-6-2-3-7(11(18)19)8(13)4-6/h2-5H,1H3,(H,18,19)(H,15,16,17). The van der Waals surface area contributed by atoms with Crippen LogP contribution in [0.15, 0.2) is 24.4 Å². The van der Waals surface area contributed by atoms with E-state index in [2.05, 4.69) is 15.3 Å². The fraction of sp³-hybridized carbons (Fsp3) is 0.0833. The molecular weight excluding hydrogens is 305 g/mol. The van der Waals surface area contributed by atoms with Crippen molar-refractivity contribution < 1.29 is 14.6 Å². The van der Waals surface area contributed by atoms with Crippen molar-refractivity contribution in [2.45, 2.75) is 0 Å². The number of hydrogen-bond donors (Lipinski definition) is 2. The molecule has 0 aliphatic heterocycles. The van der Waals surface area contributed by atoms with E-state index in [1.807, 2.05) is 0 Å². The van der Waals surface area contributed by atoms with Gasteiger partial charge in [-0.15, -0.1) is 0 Å². The first-order chi connectivity index (χ1) is 9.51. The van der Waals surface area contributed by atoms with Gasteiger partial charge in [-0.2, -0.15) is 4.98 Å². The van der Waals surface area contributed by atoms with Gasteiger partial charge in [0.05, 0.1) is 23.9 Å². The predicted molar refractivity (Wildman–Crippen MR) is 75.3 cm³/mol. The van der Waals surface area contributed by atoms with Gasteiger partial charge in [0, 0.05) is 5.69 Å². The van der Waals surface area contributed by atoms with E-state index in [0.717, 1.165) is 0 Å². The largest absolute Gasteiger partial charge is 0.478 e. The van der Waals surface area contributed by atoms with Gasteiger partial charge in [0.15, 0.2) is 5.82 Å². The molecule has 1 heterocycles. The highest BCUT2D eigenvalue weighted by atomic mass is 35.5. The average Bonchev–Trinajstić information content (AvgIpc) is 2.41. The molecule has 0 saturated heterocycles. The normalized spacial score (nSPS) is 10.2. The number of anilines is 2. The van der Waals surface area contributed by atoms with Crippen molar-refractivity contribution >= 4 is 40.7 Å². The molecule has 0 atom stereocenters. The smallest absolute Gasteiger partial charge is 0.337 e. The predicted octanol–water partition coefficient (Wildman–Crippen LogP) is 3.23. The molecule has 1 aromatic carbocycles. The van der Waals surface area contributed by atoms with Crippen molar-refractivity contribution in [1.29, 1.82) is 0 Å². The summed E-state index contributed by atoms with van der Waals surface area (Å²) in [6, 6.07) is 4.57. The Labute approximate surface area is 124 Å².